The minimum Gasteiger partial charge on any atom is -0.446 e. The van der Waals surface area contributed by atoms with Crippen LogP contribution in [-0.2, 0) is 4.74 Å². The molecule has 6 heteroatoms. The third-order valence-electron chi connectivity index (χ3n) is 5.93. The Labute approximate surface area is 207 Å². The predicted molar refractivity (Wildman–Crippen MR) is 136 cm³/mol. The van der Waals surface area contributed by atoms with Crippen LogP contribution in [0.15, 0.2) is 66.7 Å². The quantitative estimate of drug-likeness (QED) is 0.447. The van der Waals surface area contributed by atoms with Crippen molar-refractivity contribution >= 4 is 6.09 Å². The van der Waals surface area contributed by atoms with E-state index in [2.05, 4.69) is 41.4 Å². The number of hydrogen-bond acceptors (Lipinski definition) is 4. The number of amides is 1. The number of carbonyl (C=O) groups is 1. The van der Waals surface area contributed by atoms with Gasteiger partial charge in [-0.05, 0) is 75.6 Å². The van der Waals surface area contributed by atoms with Crippen LogP contribution in [0.3, 0.4) is 0 Å². The van der Waals surface area contributed by atoms with Crippen molar-refractivity contribution in [1.82, 2.24) is 9.88 Å². The average molecular weight is 479 g/mol. The number of rotatable bonds is 5. The van der Waals surface area contributed by atoms with Crippen molar-refractivity contribution in [3.05, 3.63) is 89.5 Å². The van der Waals surface area contributed by atoms with Crippen LogP contribution in [0.5, 0.6) is 0 Å². The maximum atomic E-state index is 12.5. The molecule has 1 saturated heterocycles. The SMILES string of the molecule is Cc1cc(-c2ccc(C(C)N3CCC(CC(C)(C)O)OC3=O)cc2)cc(C)n1.Fc1ccccc1. The van der Waals surface area contributed by atoms with E-state index in [0.717, 1.165) is 34.5 Å². The van der Waals surface area contributed by atoms with Gasteiger partial charge in [0.05, 0.1) is 11.6 Å². The molecule has 4 rings (SSSR count). The molecule has 0 radical (unpaired) electrons. The number of ether oxygens (including phenoxy) is 1. The van der Waals surface area contributed by atoms with Crippen molar-refractivity contribution in [2.45, 2.75) is 65.2 Å². The first-order valence-electron chi connectivity index (χ1n) is 12.0. The molecule has 1 aliphatic heterocycles. The predicted octanol–water partition coefficient (Wildman–Crippen LogP) is 6.62. The molecule has 2 unspecified atom stereocenters. The Balaban J connectivity index is 0.000000420. The van der Waals surface area contributed by atoms with E-state index in [0.29, 0.717) is 13.0 Å². The molecule has 3 aromatic rings. The summed E-state index contributed by atoms with van der Waals surface area (Å²) in [5, 5.41) is 9.95. The molecule has 0 spiro atoms. The number of pyridine rings is 1. The van der Waals surface area contributed by atoms with Gasteiger partial charge in [0, 0.05) is 30.8 Å². The second-order valence-electron chi connectivity index (χ2n) is 9.74. The number of aliphatic hydroxyl groups is 1. The number of halogens is 1. The van der Waals surface area contributed by atoms with Crippen molar-refractivity contribution < 1.29 is 19.0 Å². The molecule has 35 heavy (non-hydrogen) atoms. The van der Waals surface area contributed by atoms with Crippen molar-refractivity contribution in [2.24, 2.45) is 0 Å². The molecule has 2 heterocycles. The molecular formula is C29H35FN2O3. The molecule has 1 N–H and O–H groups in total. The molecule has 2 atom stereocenters. The molecule has 1 aliphatic rings. The lowest BCUT2D eigenvalue weighted by atomic mass is 9.97. The Kier molecular flexibility index (Phi) is 8.62. The summed E-state index contributed by atoms with van der Waals surface area (Å²) in [4.78, 5) is 18.7. The highest BCUT2D eigenvalue weighted by Crippen LogP contribution is 2.29. The third-order valence-corrected chi connectivity index (χ3v) is 5.93. The largest absolute Gasteiger partial charge is 0.446 e. The number of benzene rings is 2. The monoisotopic (exact) mass is 478 g/mol. The van der Waals surface area contributed by atoms with Gasteiger partial charge in [0.15, 0.2) is 0 Å². The van der Waals surface area contributed by atoms with Crippen LogP contribution >= 0.6 is 0 Å². The summed E-state index contributed by atoms with van der Waals surface area (Å²) in [7, 11) is 0. The molecule has 0 bridgehead atoms. The molecule has 1 fully saturated rings. The molecule has 0 saturated carbocycles. The van der Waals surface area contributed by atoms with Gasteiger partial charge in [0.25, 0.3) is 0 Å². The number of carbonyl (C=O) groups excluding carboxylic acids is 1. The summed E-state index contributed by atoms with van der Waals surface area (Å²) in [6, 6.07) is 20.4. The highest BCUT2D eigenvalue weighted by molar-refractivity contribution is 5.69. The average Bonchev–Trinajstić information content (AvgIpc) is 2.78. The van der Waals surface area contributed by atoms with Crippen LogP contribution < -0.4 is 0 Å². The molecular weight excluding hydrogens is 443 g/mol. The van der Waals surface area contributed by atoms with Gasteiger partial charge in [-0.2, -0.15) is 0 Å². The maximum Gasteiger partial charge on any atom is 0.410 e. The molecule has 186 valence electrons. The molecule has 0 aliphatic carbocycles. The fourth-order valence-corrected chi connectivity index (χ4v) is 4.25. The Hall–Kier alpha value is -3.25. The summed E-state index contributed by atoms with van der Waals surface area (Å²) in [6.07, 6.45) is 0.655. The van der Waals surface area contributed by atoms with E-state index >= 15 is 0 Å². The van der Waals surface area contributed by atoms with Gasteiger partial charge in [-0.15, -0.1) is 0 Å². The Morgan fingerprint density at radius 1 is 1.06 bits per heavy atom. The summed E-state index contributed by atoms with van der Waals surface area (Å²) in [5.74, 6) is -0.178. The second kappa shape index (κ2) is 11.5. The van der Waals surface area contributed by atoms with E-state index < -0.39 is 5.60 Å². The lowest BCUT2D eigenvalue weighted by Gasteiger charge is -2.37. The summed E-state index contributed by atoms with van der Waals surface area (Å²) < 4.78 is 17.5. The van der Waals surface area contributed by atoms with Crippen LogP contribution in [0.1, 0.15) is 56.6 Å². The highest BCUT2D eigenvalue weighted by Gasteiger charge is 2.33. The number of aromatic nitrogens is 1. The lowest BCUT2D eigenvalue weighted by Crippen LogP contribution is -2.45. The number of cyclic esters (lactones) is 1. The van der Waals surface area contributed by atoms with E-state index in [9.17, 15) is 14.3 Å². The number of aryl methyl sites for hydroxylation is 2. The van der Waals surface area contributed by atoms with Crippen LogP contribution in [-0.4, -0.2) is 39.3 Å². The van der Waals surface area contributed by atoms with E-state index in [1.807, 2.05) is 20.8 Å². The van der Waals surface area contributed by atoms with Crippen molar-refractivity contribution in [3.8, 4) is 11.1 Å². The normalized spacial score (nSPS) is 16.7. The topological polar surface area (TPSA) is 62.7 Å². The lowest BCUT2D eigenvalue weighted by molar-refractivity contribution is -0.0309. The van der Waals surface area contributed by atoms with Gasteiger partial charge in [0.2, 0.25) is 0 Å². The zero-order valence-corrected chi connectivity index (χ0v) is 21.2. The summed E-state index contributed by atoms with van der Waals surface area (Å²) >= 11 is 0. The van der Waals surface area contributed by atoms with Crippen molar-refractivity contribution in [3.63, 3.8) is 0 Å². The van der Waals surface area contributed by atoms with Crippen molar-refractivity contribution in [2.75, 3.05) is 6.54 Å². The van der Waals surface area contributed by atoms with E-state index in [-0.39, 0.29) is 24.1 Å². The summed E-state index contributed by atoms with van der Waals surface area (Å²) in [5.41, 5.74) is 4.53. The highest BCUT2D eigenvalue weighted by atomic mass is 19.1. The second-order valence-corrected chi connectivity index (χ2v) is 9.74. The fourth-order valence-electron chi connectivity index (χ4n) is 4.25. The van der Waals surface area contributed by atoms with Gasteiger partial charge < -0.3 is 14.7 Å². The van der Waals surface area contributed by atoms with Gasteiger partial charge in [0.1, 0.15) is 11.9 Å². The Morgan fingerprint density at radius 3 is 2.14 bits per heavy atom. The first-order valence-corrected chi connectivity index (χ1v) is 12.0. The van der Waals surface area contributed by atoms with Gasteiger partial charge >= 0.3 is 6.09 Å². The molecule has 1 aromatic heterocycles. The van der Waals surface area contributed by atoms with E-state index in [1.165, 1.54) is 12.1 Å². The Bertz CT molecular complexity index is 1090. The minimum absolute atomic E-state index is 0.0643. The smallest absolute Gasteiger partial charge is 0.410 e. The van der Waals surface area contributed by atoms with E-state index in [4.69, 9.17) is 4.74 Å². The molecule has 5 nitrogen and oxygen atoms in total. The Morgan fingerprint density at radius 2 is 1.66 bits per heavy atom. The van der Waals surface area contributed by atoms with Gasteiger partial charge in [-0.25, -0.2) is 9.18 Å². The zero-order chi connectivity index (χ0) is 25.6. The molecule has 1 amide bonds. The number of hydrogen-bond donors (Lipinski definition) is 1. The number of nitrogens with zero attached hydrogens (tertiary/aromatic N) is 2. The van der Waals surface area contributed by atoms with Crippen LogP contribution in [0.2, 0.25) is 0 Å². The first-order chi connectivity index (χ1) is 16.5. The van der Waals surface area contributed by atoms with E-state index in [1.54, 1.807) is 36.9 Å². The fraction of sp³-hybridized carbons (Fsp3) is 0.379. The maximum absolute atomic E-state index is 12.5. The summed E-state index contributed by atoms with van der Waals surface area (Å²) in [6.45, 7) is 10.1. The first kappa shape index (κ1) is 26.4. The van der Waals surface area contributed by atoms with Crippen LogP contribution in [0, 0.1) is 19.7 Å². The minimum atomic E-state index is -0.835. The third kappa shape index (κ3) is 7.89. The van der Waals surface area contributed by atoms with Crippen LogP contribution in [0.4, 0.5) is 9.18 Å². The molecule has 2 aromatic carbocycles. The zero-order valence-electron chi connectivity index (χ0n) is 21.2. The van der Waals surface area contributed by atoms with Crippen LogP contribution in [0.25, 0.3) is 11.1 Å². The van der Waals surface area contributed by atoms with Gasteiger partial charge in [-0.3, -0.25) is 4.98 Å². The standard InChI is InChI=1S/C23H30N2O3.C6H5F/c1-15-12-20(13-16(2)24-15)19-8-6-18(7-9-19)17(3)25-11-10-21(28-22(25)26)14-23(4,5)27;7-6-4-2-1-3-5-6/h6-9,12-13,17,21,27H,10-11,14H2,1-5H3;1-5H. The van der Waals surface area contributed by atoms with Crippen molar-refractivity contribution in [1.29, 1.82) is 0 Å². The van der Waals surface area contributed by atoms with Gasteiger partial charge in [-0.1, -0.05) is 42.5 Å².